The maximum atomic E-state index is 10.3. The highest BCUT2D eigenvalue weighted by Gasteiger charge is 2.03. The number of carbonyl (C=O) groups excluding carboxylic acids is 1. The first-order valence-electron chi connectivity index (χ1n) is 8.08. The van der Waals surface area contributed by atoms with E-state index in [1.54, 1.807) is 0 Å². The molecule has 0 heterocycles. The minimum Gasteiger partial charge on any atom is -0.550 e. The van der Waals surface area contributed by atoms with Crippen molar-refractivity contribution in [2.75, 3.05) is 0 Å². The molecule has 0 amide bonds. The summed E-state index contributed by atoms with van der Waals surface area (Å²) in [6.07, 6.45) is 2.02. The molecule has 0 saturated carbocycles. The molecule has 0 spiro atoms. The average Bonchev–Trinajstić information content (AvgIpc) is 2.48. The molecule has 0 radical (unpaired) electrons. The van der Waals surface area contributed by atoms with Crippen molar-refractivity contribution in [3.63, 3.8) is 0 Å². The quantitative estimate of drug-likeness (QED) is 0.884. The maximum Gasteiger partial charge on any atom is 0.0855 e. The molecule has 3 heteroatoms. The first-order chi connectivity index (χ1) is 11.0. The summed E-state index contributed by atoms with van der Waals surface area (Å²) in [4.78, 5) is 10.3. The Morgan fingerprint density at radius 2 is 1.35 bits per heavy atom. The molecule has 3 nitrogen and oxygen atoms in total. The summed E-state index contributed by atoms with van der Waals surface area (Å²) in [5.74, 6) is -0.823. The summed E-state index contributed by atoms with van der Waals surface area (Å²) in [6, 6.07) is 20.9. The highest BCUT2D eigenvalue weighted by molar-refractivity contribution is 5.64. The molecular weight excluding hydrogens is 286 g/mol. The number of hydrogen-bond donors (Lipinski definition) is 1. The Labute approximate surface area is 139 Å². The van der Waals surface area contributed by atoms with Crippen molar-refractivity contribution in [3.8, 4) is 0 Å². The fourth-order valence-corrected chi connectivity index (χ4v) is 2.39. The summed E-state index contributed by atoms with van der Waals surface area (Å²) >= 11 is 0. The second kappa shape index (κ2) is 10.6. The molecule has 2 aromatic carbocycles. The van der Waals surface area contributed by atoms with Crippen LogP contribution in [0.4, 0.5) is 0 Å². The highest BCUT2D eigenvalue weighted by Crippen LogP contribution is 2.10. The van der Waals surface area contributed by atoms with Crippen molar-refractivity contribution in [1.29, 1.82) is 0 Å². The average molecular weight is 313 g/mol. The maximum absolute atomic E-state index is 10.3. The molecule has 3 N–H and O–H groups in total. The summed E-state index contributed by atoms with van der Waals surface area (Å²) in [6.45, 7) is 4.05. The predicted octanol–water partition coefficient (Wildman–Crippen LogP) is 1.86. The molecule has 0 aliphatic rings. The van der Waals surface area contributed by atoms with Gasteiger partial charge in [-0.25, -0.2) is 0 Å². The molecule has 0 fully saturated rings. The van der Waals surface area contributed by atoms with Gasteiger partial charge in [-0.3, -0.25) is 0 Å². The van der Waals surface area contributed by atoms with Crippen LogP contribution in [0.1, 0.15) is 31.4 Å². The largest absolute Gasteiger partial charge is 0.550 e. The van der Waals surface area contributed by atoms with E-state index >= 15 is 0 Å². The number of rotatable bonds is 6. The molecule has 124 valence electrons. The molecule has 0 saturated heterocycles. The summed E-state index contributed by atoms with van der Waals surface area (Å²) < 4.78 is 0. The van der Waals surface area contributed by atoms with E-state index < -0.39 is 5.97 Å². The van der Waals surface area contributed by atoms with E-state index in [-0.39, 0.29) is 12.3 Å². The number of benzene rings is 2. The van der Waals surface area contributed by atoms with Gasteiger partial charge in [0.15, 0.2) is 0 Å². The van der Waals surface area contributed by atoms with Gasteiger partial charge >= 0.3 is 0 Å². The van der Waals surface area contributed by atoms with Gasteiger partial charge in [-0.15, -0.1) is 0 Å². The van der Waals surface area contributed by atoms with Gasteiger partial charge in [-0.2, -0.15) is 0 Å². The molecule has 0 aromatic heterocycles. The smallest absolute Gasteiger partial charge is 0.0855 e. The van der Waals surface area contributed by atoms with Crippen molar-refractivity contribution in [2.45, 2.75) is 39.2 Å². The van der Waals surface area contributed by atoms with Crippen LogP contribution in [0.5, 0.6) is 0 Å². The standard InChI is InChI=1S/C11H14O2.C9H13N/c1-9(8-11(12)13)7-10-5-3-2-4-6-10;1-8(10)7-9-5-3-2-4-6-9/h2-6,9H,7-8H2,1H3,(H,12,13);2-6,8H,7,10H2,1H3. The Bertz CT molecular complexity index is 552. The Morgan fingerprint density at radius 3 is 1.74 bits per heavy atom. The van der Waals surface area contributed by atoms with Crippen LogP contribution in [0.15, 0.2) is 60.7 Å². The third kappa shape index (κ3) is 9.48. The molecule has 2 unspecified atom stereocenters. The number of carboxylic acid groups (broad SMARTS) is 1. The van der Waals surface area contributed by atoms with Gasteiger partial charge in [0.25, 0.3) is 0 Å². The predicted molar refractivity (Wildman–Crippen MR) is 91.4 cm³/mol. The van der Waals surface area contributed by atoms with Crippen LogP contribution in [0, 0.1) is 5.92 Å². The summed E-state index contributed by atoms with van der Waals surface area (Å²) in [7, 11) is 0. The zero-order valence-corrected chi connectivity index (χ0v) is 14.1. The fraction of sp³-hybridized carbons (Fsp3) is 0.350. The van der Waals surface area contributed by atoms with E-state index in [0.717, 1.165) is 12.8 Å². The van der Waals surface area contributed by atoms with E-state index in [2.05, 4.69) is 36.9 Å². The number of hydrogen-bond acceptors (Lipinski definition) is 2. The molecular formula is C20H27NO2. The monoisotopic (exact) mass is 313 g/mol. The van der Waals surface area contributed by atoms with Crippen LogP contribution in [0.25, 0.3) is 0 Å². The third-order valence-corrected chi connectivity index (χ3v) is 3.37. The molecule has 23 heavy (non-hydrogen) atoms. The molecule has 0 aliphatic heterocycles. The number of aliphatic carboxylic acids is 1. The Hall–Kier alpha value is -2.13. The molecule has 2 rings (SSSR count). The van der Waals surface area contributed by atoms with Crippen LogP contribution in [0.3, 0.4) is 0 Å². The number of carboxylic acids is 1. The van der Waals surface area contributed by atoms with E-state index in [0.29, 0.717) is 6.04 Å². The SMILES string of the molecule is CC(CC(=O)[O-])Cc1ccccc1.CC([NH3+])Cc1ccccc1. The van der Waals surface area contributed by atoms with Crippen molar-refractivity contribution >= 4 is 5.97 Å². The zero-order chi connectivity index (χ0) is 17.1. The first kappa shape index (κ1) is 18.9. The van der Waals surface area contributed by atoms with Crippen LogP contribution in [-0.4, -0.2) is 12.0 Å². The topological polar surface area (TPSA) is 67.8 Å². The molecule has 2 atom stereocenters. The number of carbonyl (C=O) groups is 1. The Morgan fingerprint density at radius 1 is 0.913 bits per heavy atom. The third-order valence-electron chi connectivity index (χ3n) is 3.37. The summed E-state index contributed by atoms with van der Waals surface area (Å²) in [5, 5.41) is 10.3. The van der Waals surface area contributed by atoms with Crippen LogP contribution >= 0.6 is 0 Å². The Kier molecular flexibility index (Phi) is 8.70. The second-order valence-electron chi connectivity index (χ2n) is 6.17. The van der Waals surface area contributed by atoms with Crippen molar-refractivity contribution in [1.82, 2.24) is 0 Å². The van der Waals surface area contributed by atoms with E-state index in [9.17, 15) is 9.90 Å². The van der Waals surface area contributed by atoms with Crippen molar-refractivity contribution < 1.29 is 15.6 Å². The normalized spacial score (nSPS) is 12.7. The van der Waals surface area contributed by atoms with Gasteiger partial charge in [0, 0.05) is 12.4 Å². The van der Waals surface area contributed by atoms with Gasteiger partial charge in [0.05, 0.1) is 6.04 Å². The lowest BCUT2D eigenvalue weighted by Crippen LogP contribution is -2.60. The minimum absolute atomic E-state index is 0.134. The van der Waals surface area contributed by atoms with Crippen molar-refractivity contribution in [3.05, 3.63) is 71.8 Å². The van der Waals surface area contributed by atoms with Gasteiger partial charge in [-0.05, 0) is 36.8 Å². The van der Waals surface area contributed by atoms with Crippen LogP contribution in [0.2, 0.25) is 0 Å². The van der Waals surface area contributed by atoms with Gasteiger partial charge in [0.2, 0.25) is 0 Å². The van der Waals surface area contributed by atoms with Gasteiger partial charge in [0.1, 0.15) is 0 Å². The van der Waals surface area contributed by atoms with Crippen molar-refractivity contribution in [2.24, 2.45) is 5.92 Å². The fourth-order valence-electron chi connectivity index (χ4n) is 2.39. The highest BCUT2D eigenvalue weighted by atomic mass is 16.4. The van der Waals surface area contributed by atoms with Gasteiger partial charge in [-0.1, -0.05) is 67.6 Å². The Balaban J connectivity index is 0.000000238. The van der Waals surface area contributed by atoms with Gasteiger partial charge < -0.3 is 15.6 Å². The minimum atomic E-state index is -0.969. The zero-order valence-electron chi connectivity index (χ0n) is 14.1. The summed E-state index contributed by atoms with van der Waals surface area (Å²) in [5.41, 5.74) is 6.49. The first-order valence-corrected chi connectivity index (χ1v) is 8.08. The molecule has 0 bridgehead atoms. The van der Waals surface area contributed by atoms with E-state index in [4.69, 9.17) is 0 Å². The van der Waals surface area contributed by atoms with E-state index in [1.807, 2.05) is 43.3 Å². The lowest BCUT2D eigenvalue weighted by atomic mass is 9.98. The molecule has 2 aromatic rings. The van der Waals surface area contributed by atoms with Crippen LogP contribution < -0.4 is 10.8 Å². The lowest BCUT2D eigenvalue weighted by Gasteiger charge is -2.11. The lowest BCUT2D eigenvalue weighted by molar-refractivity contribution is -0.413. The van der Waals surface area contributed by atoms with Crippen LogP contribution in [-0.2, 0) is 17.6 Å². The molecule has 0 aliphatic carbocycles. The number of quaternary nitrogens is 1. The van der Waals surface area contributed by atoms with E-state index in [1.165, 1.54) is 11.1 Å². The second-order valence-corrected chi connectivity index (χ2v) is 6.17.